The Labute approximate surface area is 306 Å². The number of pyridine rings is 1. The molecule has 0 saturated carbocycles. The molecule has 3 aromatic carbocycles. The van der Waals surface area contributed by atoms with Gasteiger partial charge in [0.05, 0.1) is 21.8 Å². The van der Waals surface area contributed by atoms with Gasteiger partial charge in [0.2, 0.25) is 0 Å². The van der Waals surface area contributed by atoms with Gasteiger partial charge in [-0.05, 0) is 95.4 Å². The normalized spacial score (nSPS) is 16.0. The number of hydrogen-bond acceptors (Lipinski definition) is 7. The Morgan fingerprint density at radius 2 is 1.65 bits per heavy atom. The maximum atomic E-state index is 14.2. The molecule has 5 heterocycles. The lowest BCUT2D eigenvalue weighted by molar-refractivity contribution is -0.000511. The van der Waals surface area contributed by atoms with Crippen molar-refractivity contribution in [3.8, 4) is 10.4 Å². The fourth-order valence-corrected chi connectivity index (χ4v) is 8.57. The summed E-state index contributed by atoms with van der Waals surface area (Å²) in [7, 11) is 0. The van der Waals surface area contributed by atoms with E-state index in [1.165, 1.54) is 23.5 Å². The van der Waals surface area contributed by atoms with E-state index >= 15 is 0 Å². The molecule has 2 fully saturated rings. The van der Waals surface area contributed by atoms with E-state index < -0.39 is 5.82 Å². The van der Waals surface area contributed by atoms with Crippen molar-refractivity contribution in [2.45, 2.75) is 19.3 Å². The summed E-state index contributed by atoms with van der Waals surface area (Å²) < 4.78 is 20.5. The van der Waals surface area contributed by atoms with Crippen LogP contribution in [0.3, 0.4) is 0 Å². The largest absolute Gasteiger partial charge is 0.381 e. The summed E-state index contributed by atoms with van der Waals surface area (Å²) in [5.74, 6) is -0.676. The van der Waals surface area contributed by atoms with E-state index in [-0.39, 0.29) is 28.8 Å². The van der Waals surface area contributed by atoms with E-state index in [2.05, 4.69) is 36.4 Å². The van der Waals surface area contributed by atoms with Gasteiger partial charge in [0, 0.05) is 70.6 Å². The van der Waals surface area contributed by atoms with E-state index in [9.17, 15) is 18.8 Å². The molecule has 3 amide bonds. The summed E-state index contributed by atoms with van der Waals surface area (Å²) in [5.41, 5.74) is 4.41. The number of carbonyl (C=O) groups is 3. The molecule has 3 aliphatic rings. The molecule has 12 heteroatoms. The molecule has 5 aromatic rings. The number of thiophene rings is 1. The number of hydrogen-bond donors (Lipinski definition) is 2. The van der Waals surface area contributed by atoms with Crippen LogP contribution in [-0.4, -0.2) is 55.6 Å². The monoisotopic (exact) mass is 765 g/mol. The van der Waals surface area contributed by atoms with Gasteiger partial charge in [-0.1, -0.05) is 30.3 Å². The molecule has 0 aliphatic carbocycles. The SMILES string of the molecule is O=C(Nc1ccccc1F)c1cc2c(s1)-c1ccccc1N(C(=O)c1ccc(NC(=O)c3cc(Br)cnc3N3CC4(CCOCC4)C3)cc1)CC2. The minimum Gasteiger partial charge on any atom is -0.381 e. The molecule has 0 unspecified atom stereocenters. The van der Waals surface area contributed by atoms with Gasteiger partial charge in [-0.25, -0.2) is 9.37 Å². The van der Waals surface area contributed by atoms with Gasteiger partial charge in [0.15, 0.2) is 0 Å². The van der Waals surface area contributed by atoms with Crippen molar-refractivity contribution in [2.24, 2.45) is 5.41 Å². The van der Waals surface area contributed by atoms with Gasteiger partial charge in [0.1, 0.15) is 11.6 Å². The van der Waals surface area contributed by atoms with Gasteiger partial charge in [-0.15, -0.1) is 11.3 Å². The van der Waals surface area contributed by atoms with Crippen molar-refractivity contribution in [2.75, 3.05) is 53.3 Å². The first-order valence-electron chi connectivity index (χ1n) is 16.8. The van der Waals surface area contributed by atoms with E-state index in [1.54, 1.807) is 53.6 Å². The van der Waals surface area contributed by atoms with E-state index in [0.29, 0.717) is 44.9 Å². The van der Waals surface area contributed by atoms with Crippen molar-refractivity contribution in [3.63, 3.8) is 0 Å². The second-order valence-corrected chi connectivity index (χ2v) is 15.1. The predicted molar refractivity (Wildman–Crippen MR) is 201 cm³/mol. The van der Waals surface area contributed by atoms with Gasteiger partial charge >= 0.3 is 0 Å². The van der Waals surface area contributed by atoms with E-state index in [4.69, 9.17) is 4.74 Å². The fraction of sp³-hybridized carbons (Fsp3) is 0.231. The number of anilines is 4. The average Bonchev–Trinajstić information content (AvgIpc) is 3.50. The van der Waals surface area contributed by atoms with Gasteiger partial charge in [0.25, 0.3) is 17.7 Å². The molecule has 0 bridgehead atoms. The Kier molecular flexibility index (Phi) is 8.91. The lowest BCUT2D eigenvalue weighted by Crippen LogP contribution is -2.59. The van der Waals surface area contributed by atoms with Crippen LogP contribution in [0.5, 0.6) is 0 Å². The van der Waals surface area contributed by atoms with Crippen molar-refractivity contribution in [1.82, 2.24) is 4.98 Å². The van der Waals surface area contributed by atoms with Crippen LogP contribution in [0.2, 0.25) is 0 Å². The first-order valence-corrected chi connectivity index (χ1v) is 18.4. The highest BCUT2D eigenvalue weighted by Gasteiger charge is 2.45. The van der Waals surface area contributed by atoms with E-state index in [0.717, 1.165) is 60.8 Å². The number of halogens is 2. The van der Waals surface area contributed by atoms with Gasteiger partial charge in [-0.3, -0.25) is 14.4 Å². The minimum atomic E-state index is -0.499. The van der Waals surface area contributed by atoms with Gasteiger partial charge in [-0.2, -0.15) is 0 Å². The molecule has 8 rings (SSSR count). The van der Waals surface area contributed by atoms with Crippen LogP contribution >= 0.6 is 27.3 Å². The van der Waals surface area contributed by atoms with Crippen molar-refractivity contribution in [3.05, 3.63) is 123 Å². The number of benzene rings is 3. The Balaban J connectivity index is 0.974. The Morgan fingerprint density at radius 3 is 2.43 bits per heavy atom. The van der Waals surface area contributed by atoms with Crippen LogP contribution in [0, 0.1) is 11.2 Å². The maximum Gasteiger partial charge on any atom is 0.265 e. The fourth-order valence-electron chi connectivity index (χ4n) is 7.10. The number of amides is 3. The smallest absolute Gasteiger partial charge is 0.265 e. The third-order valence-electron chi connectivity index (χ3n) is 9.82. The van der Waals surface area contributed by atoms with Crippen LogP contribution in [0.1, 0.15) is 48.8 Å². The standard InChI is InChI=1S/C39H33BrFN5O4S/c40-26-20-29(35(42-21-26)45-22-39(23-45)14-17-50-18-15-39)36(47)43-27-11-9-24(10-12-27)38(49)46-16-13-25-19-33(37(48)44-31-7-3-2-6-30(31)41)51-34(25)28-5-1-4-8-32(28)46/h1-12,19-21H,13-18,22-23H2,(H,43,47)(H,44,48). The molecule has 51 heavy (non-hydrogen) atoms. The molecule has 0 radical (unpaired) electrons. The highest BCUT2D eigenvalue weighted by atomic mass is 79.9. The zero-order valence-corrected chi connectivity index (χ0v) is 29.9. The molecule has 0 atom stereocenters. The molecule has 2 saturated heterocycles. The Bertz CT molecular complexity index is 2160. The minimum absolute atomic E-state index is 0.124. The zero-order valence-electron chi connectivity index (χ0n) is 27.5. The molecule has 258 valence electrons. The number of carbonyl (C=O) groups excluding carboxylic acids is 3. The molecule has 3 aliphatic heterocycles. The van der Waals surface area contributed by atoms with Crippen LogP contribution < -0.4 is 20.4 Å². The summed E-state index contributed by atoms with van der Waals surface area (Å²) in [5, 5.41) is 5.66. The van der Waals surface area contributed by atoms with Crippen LogP contribution in [0.25, 0.3) is 10.4 Å². The summed E-state index contributed by atoms with van der Waals surface area (Å²) in [4.78, 5) is 50.5. The summed E-state index contributed by atoms with van der Waals surface area (Å²) in [6, 6.07) is 24.2. The third-order valence-corrected chi connectivity index (χ3v) is 11.5. The van der Waals surface area contributed by atoms with E-state index in [1.807, 2.05) is 30.3 Å². The quantitative estimate of drug-likeness (QED) is 0.182. The molecular weight excluding hydrogens is 733 g/mol. The average molecular weight is 767 g/mol. The highest BCUT2D eigenvalue weighted by Crippen LogP contribution is 2.44. The second-order valence-electron chi connectivity index (χ2n) is 13.1. The first-order chi connectivity index (χ1) is 24.8. The third kappa shape index (κ3) is 6.55. The molecule has 9 nitrogen and oxygen atoms in total. The predicted octanol–water partition coefficient (Wildman–Crippen LogP) is 8.04. The van der Waals surface area contributed by atoms with Gasteiger partial charge < -0.3 is 25.2 Å². The maximum absolute atomic E-state index is 14.2. The highest BCUT2D eigenvalue weighted by molar-refractivity contribution is 9.10. The number of nitrogens with zero attached hydrogens (tertiary/aromatic N) is 3. The number of nitrogens with one attached hydrogen (secondary N) is 2. The number of rotatable bonds is 6. The topological polar surface area (TPSA) is 104 Å². The van der Waals surface area contributed by atoms with Crippen LogP contribution in [0.15, 0.2) is 95.6 Å². The molecule has 1 spiro atoms. The Hall–Kier alpha value is -4.91. The molecule has 2 aromatic heterocycles. The summed E-state index contributed by atoms with van der Waals surface area (Å²) >= 11 is 4.80. The number of aromatic nitrogens is 1. The molecular formula is C39H33BrFN5O4S. The van der Waals surface area contributed by atoms with Crippen molar-refractivity contribution in [1.29, 1.82) is 0 Å². The lowest BCUT2D eigenvalue weighted by atomic mass is 9.73. The second kappa shape index (κ2) is 13.7. The van der Waals surface area contributed by atoms with Crippen molar-refractivity contribution < 1.29 is 23.5 Å². The summed E-state index contributed by atoms with van der Waals surface area (Å²) in [6.45, 7) is 3.64. The number of fused-ring (bicyclic) bond motifs is 3. The number of para-hydroxylation sites is 2. The lowest BCUT2D eigenvalue weighted by Gasteiger charge is -2.53. The Morgan fingerprint density at radius 1 is 0.902 bits per heavy atom. The van der Waals surface area contributed by atoms with Crippen molar-refractivity contribution >= 4 is 67.9 Å². The van der Waals surface area contributed by atoms with Crippen LogP contribution in [0.4, 0.5) is 27.3 Å². The first kappa shape index (κ1) is 33.2. The zero-order chi connectivity index (χ0) is 35.1. The summed E-state index contributed by atoms with van der Waals surface area (Å²) in [6.07, 6.45) is 4.28. The molecule has 2 N–H and O–H groups in total. The van der Waals surface area contributed by atoms with Crippen LogP contribution in [-0.2, 0) is 11.2 Å². The number of ether oxygens (including phenoxy) is 1.